The maximum Gasteiger partial charge on any atom is 0.337 e. The highest BCUT2D eigenvalue weighted by molar-refractivity contribution is 6.30. The lowest BCUT2D eigenvalue weighted by atomic mass is 10.1. The van der Waals surface area contributed by atoms with E-state index in [0.29, 0.717) is 16.3 Å². The van der Waals surface area contributed by atoms with Gasteiger partial charge in [0, 0.05) is 17.3 Å². The standard InChI is InChI=1S/C15H14ClN3O3/c16-10-5-6-12(9(7-10)8-17)18-15(22)19-13-4-2-1-3-11(13)14(20)21/h1-7H,8,17H2,(H,20,21)(H2,18,19,22). The number of nitrogens with one attached hydrogen (secondary N) is 2. The smallest absolute Gasteiger partial charge is 0.337 e. The van der Waals surface area contributed by atoms with Gasteiger partial charge in [-0.05, 0) is 35.9 Å². The van der Waals surface area contributed by atoms with Crippen molar-refractivity contribution in [2.75, 3.05) is 10.6 Å². The average molecular weight is 320 g/mol. The predicted molar refractivity (Wildman–Crippen MR) is 85.4 cm³/mol. The Morgan fingerprint density at radius 1 is 1.09 bits per heavy atom. The van der Waals surface area contributed by atoms with Crippen molar-refractivity contribution in [1.29, 1.82) is 0 Å². The second kappa shape index (κ2) is 6.93. The van der Waals surface area contributed by atoms with Crippen molar-refractivity contribution in [3.8, 4) is 0 Å². The molecule has 114 valence electrons. The van der Waals surface area contributed by atoms with E-state index in [-0.39, 0.29) is 17.8 Å². The zero-order valence-electron chi connectivity index (χ0n) is 11.5. The van der Waals surface area contributed by atoms with E-state index in [4.69, 9.17) is 22.4 Å². The number of rotatable bonds is 4. The molecule has 0 aromatic heterocycles. The topological polar surface area (TPSA) is 104 Å². The minimum Gasteiger partial charge on any atom is -0.478 e. The van der Waals surface area contributed by atoms with Crippen molar-refractivity contribution < 1.29 is 14.7 Å². The summed E-state index contributed by atoms with van der Waals surface area (Å²) in [6.45, 7) is 0.210. The molecule has 0 spiro atoms. The van der Waals surface area contributed by atoms with E-state index in [1.165, 1.54) is 12.1 Å². The van der Waals surface area contributed by atoms with Crippen LogP contribution in [0.5, 0.6) is 0 Å². The van der Waals surface area contributed by atoms with Gasteiger partial charge in [0.15, 0.2) is 0 Å². The molecule has 0 saturated carbocycles. The lowest BCUT2D eigenvalue weighted by Crippen LogP contribution is -2.22. The van der Waals surface area contributed by atoms with E-state index < -0.39 is 12.0 Å². The second-order valence-electron chi connectivity index (χ2n) is 4.44. The predicted octanol–water partition coefficient (Wildman–Crippen LogP) is 3.14. The number of nitrogens with two attached hydrogens (primary N) is 1. The first kappa shape index (κ1) is 15.8. The van der Waals surface area contributed by atoms with Gasteiger partial charge in [0.05, 0.1) is 11.3 Å². The van der Waals surface area contributed by atoms with E-state index >= 15 is 0 Å². The molecule has 0 heterocycles. The minimum absolute atomic E-state index is 0.00723. The molecule has 0 unspecified atom stereocenters. The van der Waals surface area contributed by atoms with E-state index in [2.05, 4.69) is 10.6 Å². The fourth-order valence-electron chi connectivity index (χ4n) is 1.91. The molecule has 0 saturated heterocycles. The van der Waals surface area contributed by atoms with Crippen LogP contribution in [0.2, 0.25) is 5.02 Å². The Morgan fingerprint density at radius 2 is 1.77 bits per heavy atom. The summed E-state index contributed by atoms with van der Waals surface area (Å²) < 4.78 is 0. The molecule has 5 N–H and O–H groups in total. The summed E-state index contributed by atoms with van der Waals surface area (Å²) in [5.74, 6) is -1.12. The average Bonchev–Trinajstić information content (AvgIpc) is 2.49. The van der Waals surface area contributed by atoms with Crippen LogP contribution in [0.25, 0.3) is 0 Å². The van der Waals surface area contributed by atoms with Gasteiger partial charge in [-0.25, -0.2) is 9.59 Å². The van der Waals surface area contributed by atoms with Crippen molar-refractivity contribution in [3.63, 3.8) is 0 Å². The maximum atomic E-state index is 12.0. The highest BCUT2D eigenvalue weighted by Gasteiger charge is 2.12. The number of benzene rings is 2. The fraction of sp³-hybridized carbons (Fsp3) is 0.0667. The van der Waals surface area contributed by atoms with Crippen LogP contribution in [0.15, 0.2) is 42.5 Å². The first-order chi connectivity index (χ1) is 10.5. The third-order valence-electron chi connectivity index (χ3n) is 2.94. The third kappa shape index (κ3) is 3.75. The Balaban J connectivity index is 2.16. The van der Waals surface area contributed by atoms with Gasteiger partial charge in [0.1, 0.15) is 0 Å². The van der Waals surface area contributed by atoms with Crippen LogP contribution in [-0.2, 0) is 6.54 Å². The molecule has 2 rings (SSSR count). The molecule has 0 atom stereocenters. The zero-order valence-corrected chi connectivity index (χ0v) is 12.2. The molecular weight excluding hydrogens is 306 g/mol. The van der Waals surface area contributed by atoms with Crippen molar-refractivity contribution in [2.45, 2.75) is 6.54 Å². The Morgan fingerprint density at radius 3 is 2.45 bits per heavy atom. The molecule has 2 amide bonds. The Hall–Kier alpha value is -2.57. The monoisotopic (exact) mass is 319 g/mol. The van der Waals surface area contributed by atoms with E-state index in [1.54, 1.807) is 30.3 Å². The van der Waals surface area contributed by atoms with Gasteiger partial charge in [-0.1, -0.05) is 23.7 Å². The van der Waals surface area contributed by atoms with Crippen LogP contribution >= 0.6 is 11.6 Å². The summed E-state index contributed by atoms with van der Waals surface area (Å²) in [7, 11) is 0. The molecule has 0 aliphatic rings. The lowest BCUT2D eigenvalue weighted by molar-refractivity contribution is 0.0698. The maximum absolute atomic E-state index is 12.0. The van der Waals surface area contributed by atoms with Gasteiger partial charge in [0.2, 0.25) is 0 Å². The summed E-state index contributed by atoms with van der Waals surface area (Å²) in [6.07, 6.45) is 0. The molecule has 0 aliphatic heterocycles. The van der Waals surface area contributed by atoms with Gasteiger partial charge in [-0.2, -0.15) is 0 Å². The Bertz CT molecular complexity index is 719. The quantitative estimate of drug-likeness (QED) is 0.694. The van der Waals surface area contributed by atoms with E-state index in [9.17, 15) is 9.59 Å². The van der Waals surface area contributed by atoms with Gasteiger partial charge >= 0.3 is 12.0 Å². The van der Waals surface area contributed by atoms with Crippen molar-refractivity contribution in [2.24, 2.45) is 5.73 Å². The highest BCUT2D eigenvalue weighted by Crippen LogP contribution is 2.21. The van der Waals surface area contributed by atoms with Crippen molar-refractivity contribution in [3.05, 3.63) is 58.6 Å². The van der Waals surface area contributed by atoms with Crippen molar-refractivity contribution >= 4 is 35.0 Å². The number of aromatic carboxylic acids is 1. The van der Waals surface area contributed by atoms with E-state index in [0.717, 1.165) is 0 Å². The molecule has 0 aliphatic carbocycles. The minimum atomic E-state index is -1.12. The Labute approximate surface area is 131 Å². The number of anilines is 2. The summed E-state index contributed by atoms with van der Waals surface area (Å²) in [6, 6.07) is 10.5. The number of para-hydroxylation sites is 1. The van der Waals surface area contributed by atoms with Crippen LogP contribution in [0.1, 0.15) is 15.9 Å². The molecular formula is C15H14ClN3O3. The van der Waals surface area contributed by atoms with Crippen LogP contribution in [-0.4, -0.2) is 17.1 Å². The first-order valence-corrected chi connectivity index (χ1v) is 6.78. The molecule has 6 nitrogen and oxygen atoms in total. The number of urea groups is 1. The van der Waals surface area contributed by atoms with Gasteiger partial charge < -0.3 is 21.5 Å². The summed E-state index contributed by atoms with van der Waals surface area (Å²) in [5, 5.41) is 14.7. The van der Waals surface area contributed by atoms with Gasteiger partial charge in [0.25, 0.3) is 0 Å². The van der Waals surface area contributed by atoms with Crippen LogP contribution < -0.4 is 16.4 Å². The fourth-order valence-corrected chi connectivity index (χ4v) is 2.10. The van der Waals surface area contributed by atoms with Gasteiger partial charge in [-0.15, -0.1) is 0 Å². The number of carboxylic acid groups (broad SMARTS) is 1. The number of hydrogen-bond donors (Lipinski definition) is 4. The first-order valence-electron chi connectivity index (χ1n) is 6.40. The SMILES string of the molecule is NCc1cc(Cl)ccc1NC(=O)Nc1ccccc1C(=O)O. The molecule has 0 bridgehead atoms. The normalized spacial score (nSPS) is 10.1. The third-order valence-corrected chi connectivity index (χ3v) is 3.18. The van der Waals surface area contributed by atoms with Crippen LogP contribution in [0.4, 0.5) is 16.2 Å². The number of halogens is 1. The molecule has 0 radical (unpaired) electrons. The summed E-state index contributed by atoms with van der Waals surface area (Å²) >= 11 is 5.87. The zero-order chi connectivity index (χ0) is 16.1. The molecule has 22 heavy (non-hydrogen) atoms. The molecule has 2 aromatic rings. The van der Waals surface area contributed by atoms with Crippen molar-refractivity contribution in [1.82, 2.24) is 0 Å². The number of carbonyl (C=O) groups is 2. The second-order valence-corrected chi connectivity index (χ2v) is 4.87. The number of carboxylic acids is 1. The summed E-state index contributed by atoms with van der Waals surface area (Å²) in [5.41, 5.74) is 7.00. The number of hydrogen-bond acceptors (Lipinski definition) is 3. The number of carbonyl (C=O) groups excluding carboxylic acids is 1. The van der Waals surface area contributed by atoms with Crippen LogP contribution in [0, 0.1) is 0 Å². The molecule has 2 aromatic carbocycles. The largest absolute Gasteiger partial charge is 0.478 e. The lowest BCUT2D eigenvalue weighted by Gasteiger charge is -2.12. The van der Waals surface area contributed by atoms with E-state index in [1.807, 2.05) is 0 Å². The highest BCUT2D eigenvalue weighted by atomic mass is 35.5. The molecule has 0 fully saturated rings. The number of amides is 2. The molecule has 7 heteroatoms. The Kier molecular flexibility index (Phi) is 4.98. The summed E-state index contributed by atoms with van der Waals surface area (Å²) in [4.78, 5) is 23.1. The van der Waals surface area contributed by atoms with Gasteiger partial charge in [-0.3, -0.25) is 0 Å². The van der Waals surface area contributed by atoms with Crippen LogP contribution in [0.3, 0.4) is 0 Å².